The highest BCUT2D eigenvalue weighted by Crippen LogP contribution is 2.19. The summed E-state index contributed by atoms with van der Waals surface area (Å²) in [5.74, 6) is 0. The average Bonchev–Trinajstić information content (AvgIpc) is 2.74. The molecule has 0 aliphatic rings. The summed E-state index contributed by atoms with van der Waals surface area (Å²) in [4.78, 5) is 0. The Balaban J connectivity index is 0.000000171. The number of aryl methyl sites for hydroxylation is 2. The third kappa shape index (κ3) is 4.73. The van der Waals surface area contributed by atoms with Crippen LogP contribution in [0.25, 0.3) is 21.5 Å². The third-order valence-electron chi connectivity index (χ3n) is 4.52. The Hall–Kier alpha value is -2.60. The monoisotopic (exact) mass is 342 g/mol. The summed E-state index contributed by atoms with van der Waals surface area (Å²) in [6.45, 7) is 8.39. The second kappa shape index (κ2) is 10.4. The highest BCUT2D eigenvalue weighted by atomic mass is 14.0. The van der Waals surface area contributed by atoms with Gasteiger partial charge in [-0.2, -0.15) is 0 Å². The first-order valence-corrected chi connectivity index (χ1v) is 9.76. The summed E-state index contributed by atoms with van der Waals surface area (Å²) in [5, 5.41) is 5.47. The Kier molecular flexibility index (Phi) is 7.89. The van der Waals surface area contributed by atoms with Crippen molar-refractivity contribution in [3.63, 3.8) is 0 Å². The molecule has 4 aromatic rings. The maximum Gasteiger partial charge on any atom is -0.0152 e. The van der Waals surface area contributed by atoms with Crippen LogP contribution in [0.1, 0.15) is 38.8 Å². The quantitative estimate of drug-likeness (QED) is 0.348. The van der Waals surface area contributed by atoms with Gasteiger partial charge in [0.05, 0.1) is 0 Å². The zero-order valence-corrected chi connectivity index (χ0v) is 16.5. The zero-order chi connectivity index (χ0) is 18.8. The molecule has 4 rings (SSSR count). The smallest absolute Gasteiger partial charge is 0.0152 e. The fourth-order valence-corrected chi connectivity index (χ4v) is 3.20. The average molecular weight is 343 g/mol. The van der Waals surface area contributed by atoms with E-state index in [1.807, 2.05) is 13.8 Å². The van der Waals surface area contributed by atoms with Crippen LogP contribution in [0.4, 0.5) is 0 Å². The molecule has 4 aromatic carbocycles. The lowest BCUT2D eigenvalue weighted by molar-refractivity contribution is 1.16. The van der Waals surface area contributed by atoms with Gasteiger partial charge in [0.25, 0.3) is 0 Å². The maximum absolute atomic E-state index is 2.20. The Morgan fingerprint density at radius 1 is 0.462 bits per heavy atom. The van der Waals surface area contributed by atoms with Crippen LogP contribution >= 0.6 is 0 Å². The van der Waals surface area contributed by atoms with E-state index in [-0.39, 0.29) is 0 Å². The molecule has 0 unspecified atom stereocenters. The predicted molar refractivity (Wildman–Crippen MR) is 118 cm³/mol. The summed E-state index contributed by atoms with van der Waals surface area (Å²) in [7, 11) is 0. The van der Waals surface area contributed by atoms with Crippen LogP contribution in [-0.4, -0.2) is 0 Å². The third-order valence-corrected chi connectivity index (χ3v) is 4.52. The molecule has 0 radical (unpaired) electrons. The van der Waals surface area contributed by atoms with E-state index in [1.54, 1.807) is 0 Å². The lowest BCUT2D eigenvalue weighted by atomic mass is 10.0. The molecule has 26 heavy (non-hydrogen) atoms. The van der Waals surface area contributed by atoms with Gasteiger partial charge in [-0.3, -0.25) is 0 Å². The molecule has 0 heteroatoms. The van der Waals surface area contributed by atoms with Gasteiger partial charge < -0.3 is 0 Å². The molecule has 0 bridgehead atoms. The maximum atomic E-state index is 2.20. The topological polar surface area (TPSA) is 0 Å². The molecule has 0 aromatic heterocycles. The summed E-state index contributed by atoms with van der Waals surface area (Å²) < 4.78 is 0. The number of hydrogen-bond acceptors (Lipinski definition) is 0. The van der Waals surface area contributed by atoms with E-state index in [9.17, 15) is 0 Å². The number of benzene rings is 4. The van der Waals surface area contributed by atoms with Gasteiger partial charge in [0.2, 0.25) is 0 Å². The molecule has 0 aliphatic carbocycles. The van der Waals surface area contributed by atoms with Crippen molar-refractivity contribution in [2.75, 3.05) is 0 Å². The van der Waals surface area contributed by atoms with E-state index >= 15 is 0 Å². The fourth-order valence-electron chi connectivity index (χ4n) is 3.20. The Morgan fingerprint density at radius 3 is 1.19 bits per heavy atom. The number of fused-ring (bicyclic) bond motifs is 2. The van der Waals surface area contributed by atoms with Gasteiger partial charge in [0, 0.05) is 0 Å². The second-order valence-electron chi connectivity index (χ2n) is 5.98. The van der Waals surface area contributed by atoms with Crippen LogP contribution in [-0.2, 0) is 12.8 Å². The van der Waals surface area contributed by atoms with Crippen LogP contribution in [0.3, 0.4) is 0 Å². The van der Waals surface area contributed by atoms with Crippen LogP contribution in [0, 0.1) is 0 Å². The van der Waals surface area contributed by atoms with Crippen molar-refractivity contribution in [2.24, 2.45) is 0 Å². The van der Waals surface area contributed by atoms with Crippen LogP contribution in [0.15, 0.2) is 84.9 Å². The molecule has 0 fully saturated rings. The molecule has 0 spiro atoms. The first-order chi connectivity index (χ1) is 12.8. The van der Waals surface area contributed by atoms with E-state index in [4.69, 9.17) is 0 Å². The van der Waals surface area contributed by atoms with Gasteiger partial charge in [-0.05, 0) is 45.5 Å². The van der Waals surface area contributed by atoms with Gasteiger partial charge >= 0.3 is 0 Å². The minimum Gasteiger partial charge on any atom is -0.0683 e. The van der Waals surface area contributed by atoms with Gasteiger partial charge in [0.1, 0.15) is 0 Å². The normalized spacial score (nSPS) is 9.85. The summed E-state index contributed by atoms with van der Waals surface area (Å²) >= 11 is 0. The molecular formula is C26H30. The first-order valence-electron chi connectivity index (χ1n) is 9.76. The van der Waals surface area contributed by atoms with Gasteiger partial charge in [-0.1, -0.05) is 113 Å². The SMILES string of the molecule is CC.CCc1cccc2ccccc12.CCc1cccc2ccccc12. The highest BCUT2D eigenvalue weighted by Gasteiger charge is 1.96. The Morgan fingerprint density at radius 2 is 0.808 bits per heavy atom. The van der Waals surface area contributed by atoms with Crippen molar-refractivity contribution in [3.8, 4) is 0 Å². The van der Waals surface area contributed by atoms with E-state index in [1.165, 1.54) is 32.7 Å². The van der Waals surface area contributed by atoms with Gasteiger partial charge in [0.15, 0.2) is 0 Å². The molecule has 0 saturated carbocycles. The molecule has 0 amide bonds. The minimum atomic E-state index is 1.11. The molecular weight excluding hydrogens is 312 g/mol. The lowest BCUT2D eigenvalue weighted by Gasteiger charge is -2.02. The van der Waals surface area contributed by atoms with Crippen molar-refractivity contribution in [2.45, 2.75) is 40.5 Å². The number of rotatable bonds is 2. The van der Waals surface area contributed by atoms with Crippen molar-refractivity contribution in [1.29, 1.82) is 0 Å². The largest absolute Gasteiger partial charge is 0.0683 e. The van der Waals surface area contributed by atoms with E-state index < -0.39 is 0 Å². The van der Waals surface area contributed by atoms with Crippen molar-refractivity contribution >= 4 is 21.5 Å². The molecule has 0 N–H and O–H groups in total. The Labute approximate surface area is 158 Å². The minimum absolute atomic E-state index is 1.11. The molecule has 0 nitrogen and oxygen atoms in total. The fraction of sp³-hybridized carbons (Fsp3) is 0.231. The summed E-state index contributed by atoms with van der Waals surface area (Å²) in [6, 6.07) is 30.0. The van der Waals surface area contributed by atoms with Gasteiger partial charge in [-0.15, -0.1) is 0 Å². The van der Waals surface area contributed by atoms with E-state index in [0.29, 0.717) is 0 Å². The van der Waals surface area contributed by atoms with E-state index in [0.717, 1.165) is 12.8 Å². The molecule has 0 heterocycles. The Bertz CT molecular complexity index is 845. The second-order valence-corrected chi connectivity index (χ2v) is 5.98. The summed E-state index contributed by atoms with van der Waals surface area (Å²) in [6.07, 6.45) is 2.22. The van der Waals surface area contributed by atoms with Crippen molar-refractivity contribution in [3.05, 3.63) is 96.1 Å². The standard InChI is InChI=1S/2C12H12.C2H6/c2*1-2-10-7-5-8-11-6-3-4-9-12(10)11;1-2/h2*3-9H,2H2,1H3;1-2H3. The lowest BCUT2D eigenvalue weighted by Crippen LogP contribution is -1.81. The molecule has 134 valence electrons. The summed E-state index contributed by atoms with van der Waals surface area (Å²) in [5.41, 5.74) is 2.88. The highest BCUT2D eigenvalue weighted by molar-refractivity contribution is 5.86. The van der Waals surface area contributed by atoms with Crippen LogP contribution < -0.4 is 0 Å². The molecule has 0 atom stereocenters. The van der Waals surface area contributed by atoms with Crippen molar-refractivity contribution in [1.82, 2.24) is 0 Å². The van der Waals surface area contributed by atoms with E-state index in [2.05, 4.69) is 98.8 Å². The van der Waals surface area contributed by atoms with Crippen molar-refractivity contribution < 1.29 is 0 Å². The molecule has 0 aliphatic heterocycles. The molecule has 0 saturated heterocycles. The zero-order valence-electron chi connectivity index (χ0n) is 16.5. The number of hydrogen-bond donors (Lipinski definition) is 0. The van der Waals surface area contributed by atoms with Crippen LogP contribution in [0.5, 0.6) is 0 Å². The predicted octanol–water partition coefficient (Wildman–Crippen LogP) is 7.83. The van der Waals surface area contributed by atoms with Crippen LogP contribution in [0.2, 0.25) is 0 Å². The first kappa shape index (κ1) is 19.7. The van der Waals surface area contributed by atoms with Gasteiger partial charge in [-0.25, -0.2) is 0 Å².